The molecule has 2 heterocycles. The van der Waals surface area contributed by atoms with E-state index in [1.807, 2.05) is 18.4 Å². The summed E-state index contributed by atoms with van der Waals surface area (Å²) in [7, 11) is 2.00. The topological polar surface area (TPSA) is 24.9 Å². The Bertz CT molecular complexity index is 511. The van der Waals surface area contributed by atoms with E-state index in [9.17, 15) is 0 Å². The summed E-state index contributed by atoms with van der Waals surface area (Å²) in [5.41, 5.74) is 1.33. The van der Waals surface area contributed by atoms with E-state index < -0.39 is 0 Å². The van der Waals surface area contributed by atoms with Gasteiger partial charge in [-0.15, -0.1) is 22.7 Å². The van der Waals surface area contributed by atoms with Crippen molar-refractivity contribution < 1.29 is 0 Å². The van der Waals surface area contributed by atoms with E-state index in [0.717, 1.165) is 6.42 Å². The molecule has 2 aromatic heterocycles. The first-order valence-corrected chi connectivity index (χ1v) is 8.17. The molecule has 0 radical (unpaired) electrons. The van der Waals surface area contributed by atoms with Crippen molar-refractivity contribution in [2.45, 2.75) is 25.3 Å². The van der Waals surface area contributed by atoms with Crippen LogP contribution in [0.5, 0.6) is 0 Å². The Balaban J connectivity index is 1.97. The van der Waals surface area contributed by atoms with Crippen molar-refractivity contribution in [1.29, 1.82) is 0 Å². The molecule has 90 valence electrons. The smallest absolute Gasteiger partial charge is 0.116 e. The van der Waals surface area contributed by atoms with Gasteiger partial charge in [0.05, 0.1) is 11.7 Å². The predicted molar refractivity (Wildman–Crippen MR) is 77.1 cm³/mol. The van der Waals surface area contributed by atoms with Gasteiger partial charge in [-0.1, -0.05) is 0 Å². The van der Waals surface area contributed by atoms with Crippen molar-refractivity contribution in [3.8, 4) is 0 Å². The minimum absolute atomic E-state index is 0.236. The number of halogens is 1. The lowest BCUT2D eigenvalue weighted by Gasteiger charge is -2.12. The Morgan fingerprint density at radius 1 is 1.47 bits per heavy atom. The second-order valence-corrected chi connectivity index (χ2v) is 7.05. The van der Waals surface area contributed by atoms with Crippen LogP contribution in [0.3, 0.4) is 0 Å². The summed E-state index contributed by atoms with van der Waals surface area (Å²) in [6, 6.07) is 2.34. The molecule has 1 N–H and O–H groups in total. The third-order valence-corrected chi connectivity index (χ3v) is 6.21. The normalized spacial score (nSPS) is 16.1. The molecule has 1 unspecified atom stereocenters. The largest absolute Gasteiger partial charge is 0.307 e. The number of hydrogen-bond donors (Lipinski definition) is 1. The number of rotatable bonds is 3. The Kier molecular flexibility index (Phi) is 3.34. The van der Waals surface area contributed by atoms with E-state index in [1.165, 1.54) is 37.8 Å². The Morgan fingerprint density at radius 3 is 3.00 bits per heavy atom. The van der Waals surface area contributed by atoms with Crippen LogP contribution in [0.2, 0.25) is 0 Å². The number of thiophene rings is 1. The van der Waals surface area contributed by atoms with E-state index in [-0.39, 0.29) is 6.04 Å². The van der Waals surface area contributed by atoms with E-state index in [2.05, 4.69) is 32.7 Å². The second kappa shape index (κ2) is 4.80. The number of fused-ring (bicyclic) bond motifs is 1. The van der Waals surface area contributed by atoms with Gasteiger partial charge in [0.15, 0.2) is 0 Å². The second-order valence-electron chi connectivity index (χ2n) is 4.13. The van der Waals surface area contributed by atoms with Crippen molar-refractivity contribution >= 4 is 38.6 Å². The maximum atomic E-state index is 4.80. The Hall–Kier alpha value is -0.230. The molecular formula is C12H13BrN2S2. The van der Waals surface area contributed by atoms with Gasteiger partial charge in [-0.25, -0.2) is 4.98 Å². The van der Waals surface area contributed by atoms with Crippen LogP contribution < -0.4 is 5.32 Å². The van der Waals surface area contributed by atoms with Gasteiger partial charge in [0.2, 0.25) is 0 Å². The molecule has 0 aliphatic heterocycles. The van der Waals surface area contributed by atoms with Crippen LogP contribution in [0.1, 0.15) is 32.9 Å². The van der Waals surface area contributed by atoms with Crippen LogP contribution in [-0.2, 0) is 12.8 Å². The molecule has 3 rings (SSSR count). The zero-order valence-corrected chi connectivity index (χ0v) is 12.7. The molecule has 0 saturated carbocycles. The van der Waals surface area contributed by atoms with Crippen LogP contribution in [-0.4, -0.2) is 12.0 Å². The fourth-order valence-corrected chi connectivity index (χ4v) is 5.27. The van der Waals surface area contributed by atoms with Gasteiger partial charge in [0.1, 0.15) is 5.01 Å². The third kappa shape index (κ3) is 2.10. The van der Waals surface area contributed by atoms with Crippen molar-refractivity contribution in [2.75, 3.05) is 7.05 Å². The molecule has 0 fully saturated rings. The van der Waals surface area contributed by atoms with Gasteiger partial charge in [-0.05, 0) is 53.7 Å². The Labute approximate surface area is 117 Å². The first kappa shape index (κ1) is 11.8. The van der Waals surface area contributed by atoms with Gasteiger partial charge in [0, 0.05) is 14.2 Å². The summed E-state index contributed by atoms with van der Waals surface area (Å²) >= 11 is 7.26. The fraction of sp³-hybridized carbons (Fsp3) is 0.417. The zero-order valence-electron chi connectivity index (χ0n) is 9.50. The number of aryl methyl sites for hydroxylation is 2. The molecule has 1 aliphatic carbocycles. The number of thiazole rings is 1. The molecule has 0 bridgehead atoms. The number of aromatic nitrogens is 1. The van der Waals surface area contributed by atoms with Gasteiger partial charge in [0.25, 0.3) is 0 Å². The summed E-state index contributed by atoms with van der Waals surface area (Å²) in [5, 5.41) is 6.70. The SMILES string of the molecule is CNC(c1nc2c(s1)CCC2)c1sccc1Br. The summed E-state index contributed by atoms with van der Waals surface area (Å²) in [5.74, 6) is 0. The van der Waals surface area contributed by atoms with Crippen molar-refractivity contribution in [3.05, 3.63) is 36.4 Å². The highest BCUT2D eigenvalue weighted by Gasteiger charge is 2.24. The van der Waals surface area contributed by atoms with E-state index in [0.29, 0.717) is 0 Å². The van der Waals surface area contributed by atoms with Crippen LogP contribution >= 0.6 is 38.6 Å². The summed E-state index contributed by atoms with van der Waals surface area (Å²) < 4.78 is 1.18. The molecule has 5 heteroatoms. The van der Waals surface area contributed by atoms with Crippen LogP contribution in [0.15, 0.2) is 15.9 Å². The highest BCUT2D eigenvalue weighted by atomic mass is 79.9. The molecule has 2 aromatic rings. The van der Waals surface area contributed by atoms with Crippen molar-refractivity contribution in [1.82, 2.24) is 10.3 Å². The molecule has 2 nitrogen and oxygen atoms in total. The summed E-state index contributed by atoms with van der Waals surface area (Å²) in [6.45, 7) is 0. The zero-order chi connectivity index (χ0) is 11.8. The molecule has 0 saturated heterocycles. The maximum Gasteiger partial charge on any atom is 0.116 e. The lowest BCUT2D eigenvalue weighted by atomic mass is 10.2. The van der Waals surface area contributed by atoms with Crippen LogP contribution in [0.4, 0.5) is 0 Å². The van der Waals surface area contributed by atoms with Crippen molar-refractivity contribution in [2.24, 2.45) is 0 Å². The molecule has 0 amide bonds. The molecule has 1 aliphatic rings. The predicted octanol–water partition coefficient (Wildman–Crippen LogP) is 3.76. The maximum absolute atomic E-state index is 4.80. The monoisotopic (exact) mass is 328 g/mol. The Morgan fingerprint density at radius 2 is 2.35 bits per heavy atom. The quantitative estimate of drug-likeness (QED) is 0.927. The first-order chi connectivity index (χ1) is 8.29. The fourth-order valence-electron chi connectivity index (χ4n) is 2.21. The number of nitrogens with zero attached hydrogens (tertiary/aromatic N) is 1. The van der Waals surface area contributed by atoms with Crippen LogP contribution in [0.25, 0.3) is 0 Å². The minimum atomic E-state index is 0.236. The van der Waals surface area contributed by atoms with Gasteiger partial charge in [-0.3, -0.25) is 0 Å². The van der Waals surface area contributed by atoms with E-state index >= 15 is 0 Å². The van der Waals surface area contributed by atoms with Crippen molar-refractivity contribution in [3.63, 3.8) is 0 Å². The molecular weight excluding hydrogens is 316 g/mol. The lowest BCUT2D eigenvalue weighted by Crippen LogP contribution is -2.16. The number of nitrogens with one attached hydrogen (secondary N) is 1. The summed E-state index contributed by atoms with van der Waals surface area (Å²) in [6.07, 6.45) is 3.66. The molecule has 17 heavy (non-hydrogen) atoms. The third-order valence-electron chi connectivity index (χ3n) is 3.05. The molecule has 0 aromatic carbocycles. The van der Waals surface area contributed by atoms with Gasteiger partial charge in [-0.2, -0.15) is 0 Å². The van der Waals surface area contributed by atoms with E-state index in [1.54, 1.807) is 11.3 Å². The highest BCUT2D eigenvalue weighted by molar-refractivity contribution is 9.10. The standard InChI is InChI=1S/C12H13BrN2S2/c1-14-10(11-7(13)5-6-16-11)12-15-8-3-2-4-9(8)17-12/h5-6,10,14H,2-4H2,1H3. The van der Waals surface area contributed by atoms with Gasteiger partial charge < -0.3 is 5.32 Å². The highest BCUT2D eigenvalue weighted by Crippen LogP contribution is 2.37. The number of hydrogen-bond acceptors (Lipinski definition) is 4. The summed E-state index contributed by atoms with van der Waals surface area (Å²) in [4.78, 5) is 7.61. The van der Waals surface area contributed by atoms with Crippen LogP contribution in [0, 0.1) is 0 Å². The molecule has 0 spiro atoms. The van der Waals surface area contributed by atoms with Gasteiger partial charge >= 0.3 is 0 Å². The first-order valence-electron chi connectivity index (χ1n) is 5.68. The van der Waals surface area contributed by atoms with E-state index in [4.69, 9.17) is 4.98 Å². The lowest BCUT2D eigenvalue weighted by molar-refractivity contribution is 0.692. The minimum Gasteiger partial charge on any atom is -0.307 e. The molecule has 1 atom stereocenters. The average Bonchev–Trinajstić information content (AvgIpc) is 2.96. The average molecular weight is 329 g/mol.